The van der Waals surface area contributed by atoms with Gasteiger partial charge in [-0.3, -0.25) is 10.1 Å². The van der Waals surface area contributed by atoms with E-state index in [1.165, 1.54) is 0 Å². The zero-order chi connectivity index (χ0) is 15.1. The lowest BCUT2D eigenvalue weighted by Gasteiger charge is -2.21. The molecular formula is C15H25N3O2. The molecule has 1 aromatic rings. The van der Waals surface area contributed by atoms with Crippen LogP contribution in [0, 0.1) is 16.0 Å². The normalized spacial score (nSPS) is 11.1. The lowest BCUT2D eigenvalue weighted by atomic mass is 10.1. The number of benzene rings is 1. The van der Waals surface area contributed by atoms with E-state index < -0.39 is 0 Å². The minimum Gasteiger partial charge on any atom is -0.379 e. The van der Waals surface area contributed by atoms with Crippen LogP contribution in [0.15, 0.2) is 18.2 Å². The Morgan fingerprint density at radius 1 is 1.40 bits per heavy atom. The van der Waals surface area contributed by atoms with E-state index >= 15 is 0 Å². The summed E-state index contributed by atoms with van der Waals surface area (Å²) in [7, 11) is 2.04. The van der Waals surface area contributed by atoms with Crippen molar-refractivity contribution in [3.8, 4) is 0 Å². The van der Waals surface area contributed by atoms with E-state index in [-0.39, 0.29) is 10.6 Å². The molecule has 0 aliphatic heterocycles. The quantitative estimate of drug-likeness (QED) is 0.584. The van der Waals surface area contributed by atoms with Gasteiger partial charge in [0.2, 0.25) is 0 Å². The molecule has 0 aliphatic rings. The van der Waals surface area contributed by atoms with E-state index in [0.29, 0.717) is 18.2 Å². The molecule has 0 atom stereocenters. The maximum absolute atomic E-state index is 11.2. The van der Waals surface area contributed by atoms with Crippen LogP contribution in [0.25, 0.3) is 0 Å². The van der Waals surface area contributed by atoms with E-state index in [1.54, 1.807) is 12.1 Å². The lowest BCUT2D eigenvalue weighted by molar-refractivity contribution is -0.384. The molecule has 0 aliphatic carbocycles. The molecule has 0 saturated heterocycles. The predicted molar refractivity (Wildman–Crippen MR) is 83.0 cm³/mol. The van der Waals surface area contributed by atoms with Crippen molar-refractivity contribution in [1.82, 2.24) is 4.90 Å². The molecule has 0 fully saturated rings. The number of hydrogen-bond acceptors (Lipinski definition) is 4. The molecule has 112 valence electrons. The van der Waals surface area contributed by atoms with Gasteiger partial charge in [-0.15, -0.1) is 0 Å². The van der Waals surface area contributed by atoms with Crippen LogP contribution in [0.4, 0.5) is 11.4 Å². The average Bonchev–Trinajstić information content (AvgIpc) is 2.35. The molecule has 0 bridgehead atoms. The van der Waals surface area contributed by atoms with Crippen molar-refractivity contribution in [1.29, 1.82) is 0 Å². The lowest BCUT2D eigenvalue weighted by Crippen LogP contribution is -2.23. The molecule has 20 heavy (non-hydrogen) atoms. The summed E-state index contributed by atoms with van der Waals surface area (Å²) in [5.41, 5.74) is 1.81. The van der Waals surface area contributed by atoms with Crippen molar-refractivity contribution in [3.63, 3.8) is 0 Å². The third-order valence-electron chi connectivity index (χ3n) is 2.99. The van der Waals surface area contributed by atoms with Crippen LogP contribution >= 0.6 is 0 Å². The number of anilines is 1. The van der Waals surface area contributed by atoms with Crippen molar-refractivity contribution in [2.24, 2.45) is 5.92 Å². The summed E-state index contributed by atoms with van der Waals surface area (Å²) in [4.78, 5) is 13.0. The molecule has 0 unspecified atom stereocenters. The zero-order valence-electron chi connectivity index (χ0n) is 12.8. The first-order valence-electron chi connectivity index (χ1n) is 7.14. The Balaban J connectivity index is 2.98. The number of nitro groups is 1. The standard InChI is InChI=1S/C15H25N3O2/c1-5-9-16-15-13(11-17(4)10-12(2)3)7-6-8-14(15)18(19)20/h6-8,12,16H,5,9-11H2,1-4H3. The molecule has 0 amide bonds. The Hall–Kier alpha value is -1.62. The largest absolute Gasteiger partial charge is 0.379 e. The molecule has 1 aromatic carbocycles. The topological polar surface area (TPSA) is 58.4 Å². The van der Waals surface area contributed by atoms with Crippen LogP contribution in [-0.2, 0) is 6.54 Å². The van der Waals surface area contributed by atoms with Crippen molar-refractivity contribution in [2.45, 2.75) is 33.7 Å². The van der Waals surface area contributed by atoms with E-state index in [1.807, 2.05) is 20.0 Å². The Morgan fingerprint density at radius 2 is 2.10 bits per heavy atom. The summed E-state index contributed by atoms with van der Waals surface area (Å²) in [5.74, 6) is 0.575. The SMILES string of the molecule is CCCNc1c(CN(C)CC(C)C)cccc1[N+](=O)[O-]. The van der Waals surface area contributed by atoms with Crippen molar-refractivity contribution in [3.05, 3.63) is 33.9 Å². The van der Waals surface area contributed by atoms with E-state index in [9.17, 15) is 10.1 Å². The third kappa shape index (κ3) is 4.81. The molecule has 0 heterocycles. The average molecular weight is 279 g/mol. The van der Waals surface area contributed by atoms with Gasteiger partial charge < -0.3 is 10.2 Å². The maximum atomic E-state index is 11.2. The highest BCUT2D eigenvalue weighted by Crippen LogP contribution is 2.29. The minimum absolute atomic E-state index is 0.161. The number of nitro benzene ring substituents is 1. The van der Waals surface area contributed by atoms with Gasteiger partial charge in [0.05, 0.1) is 4.92 Å². The van der Waals surface area contributed by atoms with Gasteiger partial charge in [0, 0.05) is 25.7 Å². The molecule has 1 N–H and O–H groups in total. The summed E-state index contributed by atoms with van der Waals surface area (Å²) in [6.45, 7) is 8.81. The summed E-state index contributed by atoms with van der Waals surface area (Å²) >= 11 is 0. The van der Waals surface area contributed by atoms with Crippen LogP contribution in [0.2, 0.25) is 0 Å². The van der Waals surface area contributed by atoms with Crippen LogP contribution < -0.4 is 5.32 Å². The monoisotopic (exact) mass is 279 g/mol. The van der Waals surface area contributed by atoms with Gasteiger partial charge in [-0.1, -0.05) is 32.9 Å². The van der Waals surface area contributed by atoms with Crippen LogP contribution in [-0.4, -0.2) is 30.0 Å². The fourth-order valence-corrected chi connectivity index (χ4v) is 2.30. The first kappa shape index (κ1) is 16.4. The third-order valence-corrected chi connectivity index (χ3v) is 2.99. The van der Waals surface area contributed by atoms with Crippen LogP contribution in [0.3, 0.4) is 0 Å². The molecule has 1 rings (SSSR count). The maximum Gasteiger partial charge on any atom is 0.292 e. The Morgan fingerprint density at radius 3 is 2.65 bits per heavy atom. The molecule has 0 radical (unpaired) electrons. The smallest absolute Gasteiger partial charge is 0.292 e. The Bertz CT molecular complexity index is 447. The fourth-order valence-electron chi connectivity index (χ4n) is 2.30. The van der Waals surface area contributed by atoms with Gasteiger partial charge >= 0.3 is 0 Å². The molecule has 5 nitrogen and oxygen atoms in total. The zero-order valence-corrected chi connectivity index (χ0v) is 12.8. The second kappa shape index (κ2) is 7.85. The van der Waals surface area contributed by atoms with Gasteiger partial charge in [-0.25, -0.2) is 0 Å². The molecule has 0 aromatic heterocycles. The first-order chi connectivity index (χ1) is 9.45. The Labute approximate surface area is 121 Å². The van der Waals surface area contributed by atoms with Crippen molar-refractivity contribution < 1.29 is 4.92 Å². The molecule has 5 heteroatoms. The Kier molecular flexibility index (Phi) is 6.45. The van der Waals surface area contributed by atoms with Gasteiger partial charge in [-0.2, -0.15) is 0 Å². The molecule has 0 spiro atoms. The van der Waals surface area contributed by atoms with Crippen molar-refractivity contribution >= 4 is 11.4 Å². The summed E-state index contributed by atoms with van der Waals surface area (Å²) in [5, 5.41) is 14.4. The second-order valence-electron chi connectivity index (χ2n) is 5.59. The van der Waals surface area contributed by atoms with Gasteiger partial charge in [0.15, 0.2) is 0 Å². The highest BCUT2D eigenvalue weighted by atomic mass is 16.6. The second-order valence-corrected chi connectivity index (χ2v) is 5.59. The van der Waals surface area contributed by atoms with E-state index in [0.717, 1.165) is 25.1 Å². The highest BCUT2D eigenvalue weighted by Gasteiger charge is 2.17. The molecular weight excluding hydrogens is 254 g/mol. The molecule has 0 saturated carbocycles. The summed E-state index contributed by atoms with van der Waals surface area (Å²) in [6.07, 6.45) is 0.938. The van der Waals surface area contributed by atoms with Crippen molar-refractivity contribution in [2.75, 3.05) is 25.5 Å². The number of nitrogens with one attached hydrogen (secondary N) is 1. The van der Waals surface area contributed by atoms with Gasteiger partial charge in [-0.05, 0) is 24.9 Å². The van der Waals surface area contributed by atoms with Crippen LogP contribution in [0.5, 0.6) is 0 Å². The number of para-hydroxylation sites is 1. The fraction of sp³-hybridized carbons (Fsp3) is 0.600. The predicted octanol–water partition coefficient (Wildman–Crippen LogP) is 3.50. The van der Waals surface area contributed by atoms with Crippen LogP contribution in [0.1, 0.15) is 32.8 Å². The number of hydrogen-bond donors (Lipinski definition) is 1. The first-order valence-corrected chi connectivity index (χ1v) is 7.14. The number of rotatable bonds is 8. The highest BCUT2D eigenvalue weighted by molar-refractivity contribution is 5.66. The summed E-state index contributed by atoms with van der Waals surface area (Å²) in [6, 6.07) is 5.28. The van der Waals surface area contributed by atoms with E-state index in [2.05, 4.69) is 24.1 Å². The number of nitrogens with zero attached hydrogens (tertiary/aromatic N) is 2. The van der Waals surface area contributed by atoms with E-state index in [4.69, 9.17) is 0 Å². The van der Waals surface area contributed by atoms with Gasteiger partial charge in [0.25, 0.3) is 5.69 Å². The summed E-state index contributed by atoms with van der Waals surface area (Å²) < 4.78 is 0. The minimum atomic E-state index is -0.316. The van der Waals surface area contributed by atoms with Gasteiger partial charge in [0.1, 0.15) is 5.69 Å².